The fourth-order valence-electron chi connectivity index (χ4n) is 1.78. The van der Waals surface area contributed by atoms with Crippen molar-refractivity contribution in [1.82, 2.24) is 3.96 Å². The van der Waals surface area contributed by atoms with Gasteiger partial charge in [0.2, 0.25) is 0 Å². The van der Waals surface area contributed by atoms with E-state index in [1.165, 1.54) is 11.5 Å². The van der Waals surface area contributed by atoms with Crippen molar-refractivity contribution in [3.63, 3.8) is 0 Å². The Kier molecular flexibility index (Phi) is 3.01. The quantitative estimate of drug-likeness (QED) is 0.640. The third kappa shape index (κ3) is 1.81. The molecule has 2 nitrogen and oxygen atoms in total. The van der Waals surface area contributed by atoms with Gasteiger partial charge in [0.1, 0.15) is 0 Å². The zero-order chi connectivity index (χ0) is 12.7. The van der Waals surface area contributed by atoms with E-state index in [4.69, 9.17) is 11.6 Å². The molecule has 3 aromatic rings. The van der Waals surface area contributed by atoms with Crippen LogP contribution in [0.3, 0.4) is 0 Å². The van der Waals surface area contributed by atoms with Crippen LogP contribution in [0, 0.1) is 0 Å². The summed E-state index contributed by atoms with van der Waals surface area (Å²) in [6.07, 6.45) is 0. The van der Waals surface area contributed by atoms with Gasteiger partial charge in [-0.1, -0.05) is 41.3 Å². The number of nitrogens with zero attached hydrogens (tertiary/aromatic N) is 1. The highest BCUT2D eigenvalue weighted by molar-refractivity contribution is 9.10. The minimum absolute atomic E-state index is 0.0152. The molecule has 1 heterocycles. The first kappa shape index (κ1) is 12.0. The molecule has 0 aliphatic rings. The highest BCUT2D eigenvalue weighted by Crippen LogP contribution is 2.30. The third-order valence-corrected chi connectivity index (χ3v) is 5.12. The molecule has 0 radical (unpaired) electrons. The lowest BCUT2D eigenvalue weighted by Crippen LogP contribution is -2.11. The van der Waals surface area contributed by atoms with Crippen LogP contribution in [0.15, 0.2) is 51.7 Å². The van der Waals surface area contributed by atoms with Crippen LogP contribution < -0.4 is 5.56 Å². The van der Waals surface area contributed by atoms with Crippen LogP contribution in [0.4, 0.5) is 0 Å². The lowest BCUT2D eigenvalue weighted by atomic mass is 10.3. The number of hydrogen-bond acceptors (Lipinski definition) is 2. The Labute approximate surface area is 121 Å². The van der Waals surface area contributed by atoms with E-state index < -0.39 is 0 Å². The van der Waals surface area contributed by atoms with Gasteiger partial charge in [-0.05, 0) is 40.2 Å². The van der Waals surface area contributed by atoms with E-state index in [2.05, 4.69) is 15.9 Å². The maximum Gasteiger partial charge on any atom is 0.273 e. The summed E-state index contributed by atoms with van der Waals surface area (Å²) in [7, 11) is 0. The predicted octanol–water partition coefficient (Wildman–Crippen LogP) is 4.47. The summed E-state index contributed by atoms with van der Waals surface area (Å²) < 4.78 is 3.36. The summed E-state index contributed by atoms with van der Waals surface area (Å²) in [6, 6.07) is 13.1. The van der Waals surface area contributed by atoms with E-state index in [0.717, 1.165) is 20.2 Å². The van der Waals surface area contributed by atoms with Crippen molar-refractivity contribution in [2.24, 2.45) is 0 Å². The first-order chi connectivity index (χ1) is 8.68. The van der Waals surface area contributed by atoms with E-state index >= 15 is 0 Å². The smallest absolute Gasteiger partial charge is 0.267 e. The second kappa shape index (κ2) is 4.53. The summed E-state index contributed by atoms with van der Waals surface area (Å²) in [5.74, 6) is 0. The van der Waals surface area contributed by atoms with Crippen molar-refractivity contribution < 1.29 is 0 Å². The molecule has 2 aromatic carbocycles. The molecule has 0 N–H and O–H groups in total. The first-order valence-corrected chi connectivity index (χ1v) is 7.18. The van der Waals surface area contributed by atoms with E-state index in [1.54, 1.807) is 10.0 Å². The maximum atomic E-state index is 12.3. The van der Waals surface area contributed by atoms with Gasteiger partial charge in [0, 0.05) is 0 Å². The normalized spacial score (nSPS) is 11.0. The molecule has 90 valence electrons. The number of aromatic nitrogens is 1. The Morgan fingerprint density at radius 3 is 2.67 bits per heavy atom. The zero-order valence-electron chi connectivity index (χ0n) is 9.06. The van der Waals surface area contributed by atoms with Crippen LogP contribution in [0.25, 0.3) is 15.8 Å². The van der Waals surface area contributed by atoms with E-state index in [9.17, 15) is 4.79 Å². The van der Waals surface area contributed by atoms with E-state index in [-0.39, 0.29) is 5.56 Å². The van der Waals surface area contributed by atoms with Crippen LogP contribution >= 0.6 is 39.1 Å². The second-order valence-electron chi connectivity index (χ2n) is 3.76. The highest BCUT2D eigenvalue weighted by Gasteiger charge is 2.12. The molecule has 0 bridgehead atoms. The number of rotatable bonds is 1. The average molecular weight is 341 g/mol. The maximum absolute atomic E-state index is 12.3. The van der Waals surface area contributed by atoms with Crippen molar-refractivity contribution >= 4 is 49.1 Å². The Balaban J connectivity index is 2.36. The number of fused-ring (bicyclic) bond motifs is 1. The number of benzene rings is 2. The fraction of sp³-hybridized carbons (Fsp3) is 0. The molecule has 1 aromatic heterocycles. The molecular formula is C13H7BrClNOS. The van der Waals surface area contributed by atoms with Crippen LogP contribution in [-0.4, -0.2) is 3.96 Å². The van der Waals surface area contributed by atoms with Gasteiger partial charge in [-0.3, -0.25) is 4.79 Å². The predicted molar refractivity (Wildman–Crippen MR) is 80.1 cm³/mol. The van der Waals surface area contributed by atoms with Crippen LogP contribution in [0.2, 0.25) is 5.02 Å². The summed E-state index contributed by atoms with van der Waals surface area (Å²) in [4.78, 5) is 12.3. The molecule has 0 spiro atoms. The monoisotopic (exact) mass is 339 g/mol. The molecule has 0 aliphatic heterocycles. The van der Waals surface area contributed by atoms with Gasteiger partial charge in [0.25, 0.3) is 5.56 Å². The molecule has 0 saturated carbocycles. The highest BCUT2D eigenvalue weighted by atomic mass is 79.9. The molecular weight excluding hydrogens is 334 g/mol. The molecule has 0 saturated heterocycles. The van der Waals surface area contributed by atoms with Gasteiger partial charge in [0.15, 0.2) is 0 Å². The van der Waals surface area contributed by atoms with Gasteiger partial charge in [-0.2, -0.15) is 0 Å². The van der Waals surface area contributed by atoms with Gasteiger partial charge in [-0.25, -0.2) is 3.96 Å². The summed E-state index contributed by atoms with van der Waals surface area (Å²) >= 11 is 10.9. The van der Waals surface area contributed by atoms with Crippen LogP contribution in [0.1, 0.15) is 0 Å². The Bertz CT molecular complexity index is 793. The largest absolute Gasteiger partial charge is 0.273 e. The summed E-state index contributed by atoms with van der Waals surface area (Å²) in [6.45, 7) is 0. The minimum atomic E-state index is -0.0152. The minimum Gasteiger partial charge on any atom is -0.267 e. The SMILES string of the molecule is O=c1c2ccccc2sn1-c1cccc(Cl)c1Br. The molecule has 0 atom stereocenters. The molecule has 0 aliphatic carbocycles. The van der Waals surface area contributed by atoms with Crippen molar-refractivity contribution in [2.45, 2.75) is 0 Å². The van der Waals surface area contributed by atoms with Crippen molar-refractivity contribution in [3.05, 3.63) is 62.3 Å². The third-order valence-electron chi connectivity index (χ3n) is 2.64. The second-order valence-corrected chi connectivity index (χ2v) is 5.95. The fourth-order valence-corrected chi connectivity index (χ4v) is 3.53. The van der Waals surface area contributed by atoms with Crippen molar-refractivity contribution in [3.8, 4) is 5.69 Å². The molecule has 0 unspecified atom stereocenters. The average Bonchev–Trinajstić information content (AvgIpc) is 2.71. The summed E-state index contributed by atoms with van der Waals surface area (Å²) in [5, 5.41) is 1.33. The summed E-state index contributed by atoms with van der Waals surface area (Å²) in [5.41, 5.74) is 0.757. The molecule has 3 rings (SSSR count). The number of halogens is 2. The molecule has 0 fully saturated rings. The Hall–Kier alpha value is -1.10. The van der Waals surface area contributed by atoms with E-state index in [1.807, 2.05) is 36.4 Å². The topological polar surface area (TPSA) is 22.0 Å². The van der Waals surface area contributed by atoms with Gasteiger partial charge in [0.05, 0.1) is 25.3 Å². The lowest BCUT2D eigenvalue weighted by Gasteiger charge is -2.04. The van der Waals surface area contributed by atoms with Gasteiger partial charge >= 0.3 is 0 Å². The van der Waals surface area contributed by atoms with Gasteiger partial charge in [-0.15, -0.1) is 0 Å². The molecule has 0 amide bonds. The molecule has 5 heteroatoms. The number of hydrogen-bond donors (Lipinski definition) is 0. The first-order valence-electron chi connectivity index (χ1n) is 5.24. The Morgan fingerprint density at radius 1 is 1.11 bits per heavy atom. The lowest BCUT2D eigenvalue weighted by molar-refractivity contribution is 1.13. The van der Waals surface area contributed by atoms with Gasteiger partial charge < -0.3 is 0 Å². The van der Waals surface area contributed by atoms with Crippen LogP contribution in [0.5, 0.6) is 0 Å². The standard InChI is InChI=1S/C13H7BrClNOS/c14-12-9(15)5-3-6-10(12)16-13(17)8-4-1-2-7-11(8)18-16/h1-7H. The van der Waals surface area contributed by atoms with Crippen molar-refractivity contribution in [2.75, 3.05) is 0 Å². The molecule has 18 heavy (non-hydrogen) atoms. The zero-order valence-corrected chi connectivity index (χ0v) is 12.2. The van der Waals surface area contributed by atoms with Crippen molar-refractivity contribution in [1.29, 1.82) is 0 Å². The Morgan fingerprint density at radius 2 is 1.89 bits per heavy atom. The van der Waals surface area contributed by atoms with Crippen LogP contribution in [-0.2, 0) is 0 Å². The van der Waals surface area contributed by atoms with E-state index in [0.29, 0.717) is 5.02 Å².